The Bertz CT molecular complexity index is 964. The first-order valence-corrected chi connectivity index (χ1v) is 11.3. The minimum atomic E-state index is -0.381. The Morgan fingerprint density at radius 3 is 2.35 bits per heavy atom. The molecule has 7 heteroatoms. The molecule has 31 heavy (non-hydrogen) atoms. The topological polar surface area (TPSA) is 87.7 Å². The summed E-state index contributed by atoms with van der Waals surface area (Å²) in [6, 6.07) is 7.70. The molecule has 166 valence electrons. The SMILES string of the molecule is COc1ccc(CNC(=O)C2CCC(CNc3c(N4CCCC4)c(=O)c3=O)CC2)cc1. The first-order valence-electron chi connectivity index (χ1n) is 11.3. The van der Waals surface area contributed by atoms with Crippen LogP contribution in [0.2, 0.25) is 0 Å². The fraction of sp³-hybridized carbons (Fsp3) is 0.542. The van der Waals surface area contributed by atoms with Crippen molar-refractivity contribution in [2.24, 2.45) is 11.8 Å². The molecule has 2 fully saturated rings. The number of nitrogens with one attached hydrogen (secondary N) is 2. The standard InChI is InChI=1S/C24H31N3O4/c1-31-19-10-6-17(7-11-19)15-26-24(30)18-8-4-16(5-9-18)14-25-20-21(23(29)22(20)28)27-12-2-3-13-27/h6-7,10-11,16,18,25H,2-5,8-9,12-15H2,1H3,(H,26,30). The number of ether oxygens (including phenoxy) is 1. The molecule has 1 saturated carbocycles. The van der Waals surface area contributed by atoms with Gasteiger partial charge in [-0.2, -0.15) is 0 Å². The van der Waals surface area contributed by atoms with Gasteiger partial charge in [0.25, 0.3) is 10.9 Å². The molecular weight excluding hydrogens is 394 g/mol. The van der Waals surface area contributed by atoms with Crippen LogP contribution < -0.4 is 31.1 Å². The van der Waals surface area contributed by atoms with Crippen LogP contribution in [0.3, 0.4) is 0 Å². The van der Waals surface area contributed by atoms with Crippen LogP contribution in [0.25, 0.3) is 0 Å². The highest BCUT2D eigenvalue weighted by atomic mass is 16.5. The molecule has 1 aliphatic heterocycles. The Hall–Kier alpha value is -2.83. The summed E-state index contributed by atoms with van der Waals surface area (Å²) in [5.74, 6) is 1.38. The fourth-order valence-electron chi connectivity index (χ4n) is 4.74. The number of carbonyl (C=O) groups is 1. The van der Waals surface area contributed by atoms with E-state index in [0.29, 0.717) is 30.4 Å². The molecule has 4 rings (SSSR count). The number of amides is 1. The number of hydrogen-bond donors (Lipinski definition) is 2. The molecule has 2 aliphatic rings. The summed E-state index contributed by atoms with van der Waals surface area (Å²) in [6.07, 6.45) is 5.74. The number of carbonyl (C=O) groups excluding carboxylic acids is 1. The number of hydrogen-bond acceptors (Lipinski definition) is 6. The normalized spacial score (nSPS) is 21.3. The van der Waals surface area contributed by atoms with Crippen molar-refractivity contribution in [2.75, 3.05) is 37.0 Å². The van der Waals surface area contributed by atoms with Crippen molar-refractivity contribution in [3.05, 3.63) is 50.3 Å². The summed E-state index contributed by atoms with van der Waals surface area (Å²) in [7, 11) is 1.63. The third-order valence-electron chi connectivity index (χ3n) is 6.72. The monoisotopic (exact) mass is 425 g/mol. The van der Waals surface area contributed by atoms with E-state index in [2.05, 4.69) is 10.6 Å². The zero-order valence-electron chi connectivity index (χ0n) is 18.1. The molecule has 1 heterocycles. The van der Waals surface area contributed by atoms with Crippen LogP contribution >= 0.6 is 0 Å². The van der Waals surface area contributed by atoms with Crippen molar-refractivity contribution in [1.29, 1.82) is 0 Å². The van der Waals surface area contributed by atoms with Gasteiger partial charge in [0, 0.05) is 32.1 Å². The van der Waals surface area contributed by atoms with Gasteiger partial charge in [-0.1, -0.05) is 12.1 Å². The molecule has 7 nitrogen and oxygen atoms in total. The van der Waals surface area contributed by atoms with Crippen molar-refractivity contribution in [1.82, 2.24) is 5.32 Å². The summed E-state index contributed by atoms with van der Waals surface area (Å²) in [4.78, 5) is 38.6. The largest absolute Gasteiger partial charge is 0.497 e. The van der Waals surface area contributed by atoms with Crippen LogP contribution in [-0.2, 0) is 11.3 Å². The summed E-state index contributed by atoms with van der Waals surface area (Å²) in [5, 5.41) is 6.30. The quantitative estimate of drug-likeness (QED) is 0.632. The van der Waals surface area contributed by atoms with E-state index in [4.69, 9.17) is 4.74 Å². The summed E-state index contributed by atoms with van der Waals surface area (Å²) < 4.78 is 5.16. The molecule has 1 saturated heterocycles. The van der Waals surface area contributed by atoms with Crippen LogP contribution in [0.15, 0.2) is 33.9 Å². The van der Waals surface area contributed by atoms with Gasteiger partial charge in [-0.25, -0.2) is 0 Å². The Morgan fingerprint density at radius 2 is 1.71 bits per heavy atom. The zero-order chi connectivity index (χ0) is 21.8. The van der Waals surface area contributed by atoms with Crippen LogP contribution in [0.5, 0.6) is 5.75 Å². The molecular formula is C24H31N3O4. The highest BCUT2D eigenvalue weighted by molar-refractivity contribution is 5.78. The van der Waals surface area contributed by atoms with E-state index in [-0.39, 0.29) is 22.7 Å². The fourth-order valence-corrected chi connectivity index (χ4v) is 4.74. The number of rotatable bonds is 8. The molecule has 2 N–H and O–H groups in total. The van der Waals surface area contributed by atoms with Crippen LogP contribution in [0, 0.1) is 11.8 Å². The summed E-state index contributed by atoms with van der Waals surface area (Å²) >= 11 is 0. The summed E-state index contributed by atoms with van der Waals surface area (Å²) in [5.41, 5.74) is 1.42. The Kier molecular flexibility index (Phi) is 6.59. The van der Waals surface area contributed by atoms with E-state index < -0.39 is 0 Å². The van der Waals surface area contributed by atoms with E-state index in [9.17, 15) is 14.4 Å². The Labute approximate surface area is 182 Å². The minimum absolute atomic E-state index is 0.0424. The Balaban J connectivity index is 1.21. The van der Waals surface area contributed by atoms with Gasteiger partial charge >= 0.3 is 0 Å². The number of benzene rings is 1. The molecule has 1 amide bonds. The maximum absolute atomic E-state index is 12.5. The van der Waals surface area contributed by atoms with Crippen molar-refractivity contribution in [3.63, 3.8) is 0 Å². The van der Waals surface area contributed by atoms with E-state index in [1.54, 1.807) is 7.11 Å². The molecule has 1 aliphatic carbocycles. The minimum Gasteiger partial charge on any atom is -0.497 e. The van der Waals surface area contributed by atoms with Gasteiger partial charge in [0.15, 0.2) is 0 Å². The third-order valence-corrected chi connectivity index (χ3v) is 6.72. The van der Waals surface area contributed by atoms with Crippen molar-refractivity contribution >= 4 is 17.3 Å². The van der Waals surface area contributed by atoms with Gasteiger partial charge < -0.3 is 20.3 Å². The number of methoxy groups -OCH3 is 1. The summed E-state index contributed by atoms with van der Waals surface area (Å²) in [6.45, 7) is 2.92. The van der Waals surface area contributed by atoms with Crippen LogP contribution in [0.1, 0.15) is 44.1 Å². The molecule has 0 unspecified atom stereocenters. The second kappa shape index (κ2) is 9.54. The molecule has 0 aromatic heterocycles. The maximum atomic E-state index is 12.5. The van der Waals surface area contributed by atoms with Gasteiger partial charge in [-0.3, -0.25) is 14.4 Å². The van der Waals surface area contributed by atoms with Crippen LogP contribution in [0.4, 0.5) is 11.4 Å². The first kappa shape index (κ1) is 21.4. The first-order chi connectivity index (χ1) is 15.1. The molecule has 0 atom stereocenters. The van der Waals surface area contributed by atoms with Crippen molar-refractivity contribution in [3.8, 4) is 5.75 Å². The lowest BCUT2D eigenvalue weighted by Gasteiger charge is -2.29. The van der Waals surface area contributed by atoms with Gasteiger partial charge in [-0.15, -0.1) is 0 Å². The molecule has 0 radical (unpaired) electrons. The highest BCUT2D eigenvalue weighted by Gasteiger charge is 2.30. The molecule has 0 bridgehead atoms. The van der Waals surface area contributed by atoms with Gasteiger partial charge in [-0.05, 0) is 62.1 Å². The lowest BCUT2D eigenvalue weighted by Crippen LogP contribution is -2.42. The Morgan fingerprint density at radius 1 is 1.03 bits per heavy atom. The van der Waals surface area contributed by atoms with Crippen LogP contribution in [-0.4, -0.2) is 32.7 Å². The predicted octanol–water partition coefficient (Wildman–Crippen LogP) is 2.43. The maximum Gasteiger partial charge on any atom is 0.253 e. The predicted molar refractivity (Wildman–Crippen MR) is 122 cm³/mol. The number of nitrogens with zero attached hydrogens (tertiary/aromatic N) is 1. The lowest BCUT2D eigenvalue weighted by molar-refractivity contribution is -0.126. The average molecular weight is 426 g/mol. The second-order valence-corrected chi connectivity index (χ2v) is 8.74. The van der Waals surface area contributed by atoms with Crippen molar-refractivity contribution in [2.45, 2.75) is 45.1 Å². The van der Waals surface area contributed by atoms with Crippen molar-refractivity contribution < 1.29 is 9.53 Å². The van der Waals surface area contributed by atoms with E-state index in [1.165, 1.54) is 0 Å². The number of anilines is 2. The lowest BCUT2D eigenvalue weighted by atomic mass is 9.81. The third kappa shape index (κ3) is 4.75. The zero-order valence-corrected chi connectivity index (χ0v) is 18.1. The van der Waals surface area contributed by atoms with E-state index in [0.717, 1.165) is 62.9 Å². The molecule has 2 aromatic rings. The van der Waals surface area contributed by atoms with E-state index in [1.807, 2.05) is 29.2 Å². The highest BCUT2D eigenvalue weighted by Crippen LogP contribution is 2.30. The van der Waals surface area contributed by atoms with Gasteiger partial charge in [0.2, 0.25) is 5.91 Å². The molecule has 0 spiro atoms. The van der Waals surface area contributed by atoms with Gasteiger partial charge in [0.05, 0.1) is 7.11 Å². The smallest absolute Gasteiger partial charge is 0.253 e. The second-order valence-electron chi connectivity index (χ2n) is 8.74. The molecule has 2 aromatic carbocycles. The average Bonchev–Trinajstić information content (AvgIpc) is 3.34. The van der Waals surface area contributed by atoms with Gasteiger partial charge in [0.1, 0.15) is 17.1 Å². The van der Waals surface area contributed by atoms with E-state index >= 15 is 0 Å².